The molecule has 1 atom stereocenters. The molecule has 0 aromatic heterocycles. The maximum absolute atomic E-state index is 12.4. The lowest BCUT2D eigenvalue weighted by molar-refractivity contribution is -0.148. The fourth-order valence-electron chi connectivity index (χ4n) is 3.78. The molecule has 1 aliphatic heterocycles. The van der Waals surface area contributed by atoms with Gasteiger partial charge in [-0.05, 0) is 43.9 Å². The first-order valence-electron chi connectivity index (χ1n) is 8.28. The predicted octanol–water partition coefficient (Wildman–Crippen LogP) is 2.85. The van der Waals surface area contributed by atoms with Crippen molar-refractivity contribution in [2.45, 2.75) is 64.3 Å². The van der Waals surface area contributed by atoms with Crippen LogP contribution in [0.5, 0.6) is 0 Å². The molecule has 1 heterocycles. The summed E-state index contributed by atoms with van der Waals surface area (Å²) in [6, 6.07) is -0.199. The van der Waals surface area contributed by atoms with Crippen molar-refractivity contribution in [1.29, 1.82) is 0 Å². The van der Waals surface area contributed by atoms with Crippen LogP contribution < -0.4 is 5.32 Å². The van der Waals surface area contributed by atoms with Gasteiger partial charge in [0.2, 0.25) is 0 Å². The van der Waals surface area contributed by atoms with Crippen LogP contribution in [0, 0.1) is 11.8 Å². The summed E-state index contributed by atoms with van der Waals surface area (Å²) in [6.07, 6.45) is 6.60. The highest BCUT2D eigenvalue weighted by Crippen LogP contribution is 2.33. The number of aliphatic carboxylic acids is 1. The highest BCUT2D eigenvalue weighted by Gasteiger charge is 2.48. The summed E-state index contributed by atoms with van der Waals surface area (Å²) in [5.41, 5.74) is -0.995. The summed E-state index contributed by atoms with van der Waals surface area (Å²) in [4.78, 5) is 25.5. The zero-order chi connectivity index (χ0) is 15.5. The Kier molecular flexibility index (Phi) is 5.12. The predicted molar refractivity (Wildman–Crippen MR) is 81.1 cm³/mol. The van der Waals surface area contributed by atoms with Gasteiger partial charge in [0, 0.05) is 13.1 Å². The molecule has 1 aliphatic carbocycles. The number of carbonyl (C=O) groups is 2. The van der Waals surface area contributed by atoms with Crippen LogP contribution in [0.1, 0.15) is 58.8 Å². The lowest BCUT2D eigenvalue weighted by Gasteiger charge is -2.34. The Morgan fingerprint density at radius 3 is 2.52 bits per heavy atom. The minimum atomic E-state index is -0.995. The summed E-state index contributed by atoms with van der Waals surface area (Å²) in [7, 11) is 0. The molecule has 21 heavy (non-hydrogen) atoms. The van der Waals surface area contributed by atoms with Gasteiger partial charge < -0.3 is 15.3 Å². The van der Waals surface area contributed by atoms with Crippen molar-refractivity contribution >= 4 is 12.0 Å². The molecule has 2 rings (SSSR count). The highest BCUT2D eigenvalue weighted by molar-refractivity contribution is 5.87. The zero-order valence-corrected chi connectivity index (χ0v) is 13.2. The maximum atomic E-state index is 12.4. The molecule has 1 saturated heterocycles. The van der Waals surface area contributed by atoms with E-state index in [0.717, 1.165) is 12.3 Å². The van der Waals surface area contributed by atoms with Gasteiger partial charge in [0.05, 0.1) is 0 Å². The van der Waals surface area contributed by atoms with E-state index in [1.54, 1.807) is 4.90 Å². The van der Waals surface area contributed by atoms with E-state index in [-0.39, 0.29) is 6.03 Å². The van der Waals surface area contributed by atoms with Crippen molar-refractivity contribution in [2.75, 3.05) is 13.1 Å². The van der Waals surface area contributed by atoms with E-state index in [4.69, 9.17) is 0 Å². The smallest absolute Gasteiger partial charge is 0.329 e. The van der Waals surface area contributed by atoms with Crippen molar-refractivity contribution in [1.82, 2.24) is 10.2 Å². The Bertz CT molecular complexity index is 391. The first-order valence-corrected chi connectivity index (χ1v) is 8.28. The first-order chi connectivity index (χ1) is 9.99. The standard InChI is InChI=1S/C16H28N2O3/c1-3-16(14(19)20)9-4-10-18(16)15(21)17-11-13-7-5-12(2)6-8-13/h12-13H,3-11H2,1-2H3,(H,17,21)(H,19,20). The van der Waals surface area contributed by atoms with Crippen LogP contribution in [0.15, 0.2) is 0 Å². The number of urea groups is 1. The average molecular weight is 296 g/mol. The van der Waals surface area contributed by atoms with E-state index in [9.17, 15) is 14.7 Å². The van der Waals surface area contributed by atoms with Gasteiger partial charge in [0.1, 0.15) is 5.54 Å². The first kappa shape index (κ1) is 16.1. The Balaban J connectivity index is 1.89. The molecule has 2 N–H and O–H groups in total. The third kappa shape index (κ3) is 3.33. The van der Waals surface area contributed by atoms with Crippen molar-refractivity contribution < 1.29 is 14.7 Å². The summed E-state index contributed by atoms with van der Waals surface area (Å²) in [5.74, 6) is 0.480. The molecule has 2 fully saturated rings. The van der Waals surface area contributed by atoms with Gasteiger partial charge in [-0.2, -0.15) is 0 Å². The van der Waals surface area contributed by atoms with Crippen LogP contribution in [0.3, 0.4) is 0 Å². The molecule has 1 saturated carbocycles. The van der Waals surface area contributed by atoms with Gasteiger partial charge in [-0.1, -0.05) is 26.7 Å². The van der Waals surface area contributed by atoms with E-state index in [2.05, 4.69) is 12.2 Å². The molecule has 0 radical (unpaired) electrons. The third-order valence-corrected chi connectivity index (χ3v) is 5.39. The number of nitrogens with one attached hydrogen (secondary N) is 1. The van der Waals surface area contributed by atoms with Crippen LogP contribution in [-0.2, 0) is 4.79 Å². The van der Waals surface area contributed by atoms with Gasteiger partial charge in [0.15, 0.2) is 0 Å². The van der Waals surface area contributed by atoms with Crippen molar-refractivity contribution in [3.63, 3.8) is 0 Å². The lowest BCUT2D eigenvalue weighted by Crippen LogP contribution is -2.56. The van der Waals surface area contributed by atoms with Gasteiger partial charge in [-0.3, -0.25) is 0 Å². The SMILES string of the molecule is CCC1(C(=O)O)CCCN1C(=O)NCC1CCC(C)CC1. The van der Waals surface area contributed by atoms with Crippen LogP contribution in [0.4, 0.5) is 4.79 Å². The Labute approximate surface area is 127 Å². The van der Waals surface area contributed by atoms with Crippen molar-refractivity contribution in [3.05, 3.63) is 0 Å². The molecule has 0 aromatic rings. The van der Waals surface area contributed by atoms with Crippen LogP contribution in [0.25, 0.3) is 0 Å². The highest BCUT2D eigenvalue weighted by atomic mass is 16.4. The lowest BCUT2D eigenvalue weighted by atomic mass is 9.83. The number of hydrogen-bond donors (Lipinski definition) is 2. The summed E-state index contributed by atoms with van der Waals surface area (Å²) < 4.78 is 0. The monoisotopic (exact) mass is 296 g/mol. The summed E-state index contributed by atoms with van der Waals surface area (Å²) >= 11 is 0. The molecule has 0 aromatic carbocycles. The fraction of sp³-hybridized carbons (Fsp3) is 0.875. The second-order valence-electron chi connectivity index (χ2n) is 6.76. The number of nitrogens with zero attached hydrogens (tertiary/aromatic N) is 1. The quantitative estimate of drug-likeness (QED) is 0.838. The van der Waals surface area contributed by atoms with Crippen LogP contribution >= 0.6 is 0 Å². The molecule has 0 spiro atoms. The molecule has 0 bridgehead atoms. The maximum Gasteiger partial charge on any atom is 0.329 e. The van der Waals surface area contributed by atoms with E-state index < -0.39 is 11.5 Å². The second kappa shape index (κ2) is 6.67. The van der Waals surface area contributed by atoms with Gasteiger partial charge in [-0.25, -0.2) is 9.59 Å². The molecular weight excluding hydrogens is 268 g/mol. The van der Waals surface area contributed by atoms with E-state index >= 15 is 0 Å². The normalized spacial score (nSPS) is 33.0. The Hall–Kier alpha value is -1.26. The van der Waals surface area contributed by atoms with E-state index in [1.807, 2.05) is 6.92 Å². The summed E-state index contributed by atoms with van der Waals surface area (Å²) in [5, 5.41) is 12.5. The Morgan fingerprint density at radius 2 is 1.95 bits per heavy atom. The molecule has 1 unspecified atom stereocenters. The minimum absolute atomic E-state index is 0.199. The topological polar surface area (TPSA) is 69.6 Å². The second-order valence-corrected chi connectivity index (χ2v) is 6.76. The van der Waals surface area contributed by atoms with Gasteiger partial charge in [0.25, 0.3) is 0 Å². The van der Waals surface area contributed by atoms with Crippen molar-refractivity contribution in [2.24, 2.45) is 11.8 Å². The number of amides is 2. The number of carboxylic acids is 1. The number of carboxylic acid groups (broad SMARTS) is 1. The Morgan fingerprint density at radius 1 is 1.29 bits per heavy atom. The third-order valence-electron chi connectivity index (χ3n) is 5.39. The molecule has 120 valence electrons. The van der Waals surface area contributed by atoms with Crippen molar-refractivity contribution in [3.8, 4) is 0 Å². The van der Waals surface area contributed by atoms with E-state index in [1.165, 1.54) is 25.7 Å². The number of carbonyl (C=O) groups excluding carboxylic acids is 1. The molecule has 2 amide bonds. The number of hydrogen-bond acceptors (Lipinski definition) is 2. The minimum Gasteiger partial charge on any atom is -0.479 e. The molecule has 5 heteroatoms. The molecule has 5 nitrogen and oxygen atoms in total. The number of rotatable bonds is 4. The molecule has 2 aliphatic rings. The van der Waals surface area contributed by atoms with Crippen LogP contribution in [-0.4, -0.2) is 40.6 Å². The zero-order valence-electron chi connectivity index (χ0n) is 13.2. The average Bonchev–Trinajstić information content (AvgIpc) is 2.91. The fourth-order valence-corrected chi connectivity index (χ4v) is 3.78. The van der Waals surface area contributed by atoms with Gasteiger partial charge in [-0.15, -0.1) is 0 Å². The van der Waals surface area contributed by atoms with Gasteiger partial charge >= 0.3 is 12.0 Å². The number of likely N-dealkylation sites (tertiary alicyclic amines) is 1. The largest absolute Gasteiger partial charge is 0.479 e. The van der Waals surface area contributed by atoms with Crippen LogP contribution in [0.2, 0.25) is 0 Å². The molecular formula is C16H28N2O3. The van der Waals surface area contributed by atoms with E-state index in [0.29, 0.717) is 31.8 Å². The summed E-state index contributed by atoms with van der Waals surface area (Å²) in [6.45, 7) is 5.36.